The molecule has 4 heterocycles. The maximum atomic E-state index is 12.0. The zero-order chi connectivity index (χ0) is 24.2. The zero-order valence-corrected chi connectivity index (χ0v) is 20.5. The number of nitrogens with zero attached hydrogens (tertiary/aromatic N) is 6. The summed E-state index contributed by atoms with van der Waals surface area (Å²) in [4.78, 5) is 30.4. The molecule has 0 spiro atoms. The number of para-hydroxylation sites is 1. The molecule has 0 saturated carbocycles. The second-order valence-corrected chi connectivity index (χ2v) is 9.43. The van der Waals surface area contributed by atoms with Crippen LogP contribution in [0.25, 0.3) is 0 Å². The van der Waals surface area contributed by atoms with Crippen LogP contribution in [0.3, 0.4) is 0 Å². The predicted molar refractivity (Wildman–Crippen MR) is 137 cm³/mol. The number of likely N-dealkylation sites (N-methyl/N-ethyl adjacent to an activating group) is 1. The molecule has 5 rings (SSSR count). The fourth-order valence-corrected chi connectivity index (χ4v) is 5.11. The molecule has 35 heavy (non-hydrogen) atoms. The third kappa shape index (κ3) is 5.17. The molecule has 3 aliphatic rings. The quantitative estimate of drug-likeness (QED) is 0.596. The number of anilines is 2. The van der Waals surface area contributed by atoms with Gasteiger partial charge in [0.25, 0.3) is 0 Å². The predicted octanol–water partition coefficient (Wildman–Crippen LogP) is 3.21. The molecular formula is C27H34N6O2. The molecule has 0 aliphatic carbocycles. The Hall–Kier alpha value is -3.39. The summed E-state index contributed by atoms with van der Waals surface area (Å²) in [6, 6.07) is 11.3. The van der Waals surface area contributed by atoms with Crippen molar-refractivity contribution in [3.05, 3.63) is 66.6 Å². The number of likely N-dealkylation sites (tertiary alicyclic amines) is 1. The van der Waals surface area contributed by atoms with E-state index >= 15 is 0 Å². The van der Waals surface area contributed by atoms with Crippen molar-refractivity contribution >= 4 is 17.4 Å². The number of rotatable bonds is 6. The number of carbonyl (C=O) groups is 1. The van der Waals surface area contributed by atoms with E-state index < -0.39 is 0 Å². The Balaban J connectivity index is 1.45. The molecule has 2 aromatic rings. The van der Waals surface area contributed by atoms with Gasteiger partial charge >= 0.3 is 6.01 Å². The van der Waals surface area contributed by atoms with E-state index in [0.29, 0.717) is 38.3 Å². The maximum Gasteiger partial charge on any atom is 0.318 e. The molecule has 3 aliphatic heterocycles. The number of aromatic nitrogens is 2. The molecule has 0 unspecified atom stereocenters. The molecule has 1 amide bonds. The normalized spacial score (nSPS) is 20.5. The lowest BCUT2D eigenvalue weighted by Gasteiger charge is -2.30. The third-order valence-corrected chi connectivity index (χ3v) is 7.18. The van der Waals surface area contributed by atoms with E-state index in [1.165, 1.54) is 23.7 Å². The van der Waals surface area contributed by atoms with Crippen LogP contribution in [0.1, 0.15) is 30.5 Å². The van der Waals surface area contributed by atoms with Crippen molar-refractivity contribution in [3.8, 4) is 6.01 Å². The van der Waals surface area contributed by atoms with Crippen molar-refractivity contribution in [1.82, 2.24) is 19.8 Å². The molecule has 184 valence electrons. The van der Waals surface area contributed by atoms with Gasteiger partial charge < -0.3 is 24.3 Å². The van der Waals surface area contributed by atoms with Gasteiger partial charge in [0.2, 0.25) is 5.91 Å². The van der Waals surface area contributed by atoms with E-state index in [4.69, 9.17) is 14.7 Å². The van der Waals surface area contributed by atoms with Gasteiger partial charge in [0.15, 0.2) is 0 Å². The highest BCUT2D eigenvalue weighted by atomic mass is 16.5. The van der Waals surface area contributed by atoms with E-state index in [2.05, 4.69) is 52.6 Å². The number of amides is 1. The Kier molecular flexibility index (Phi) is 6.99. The summed E-state index contributed by atoms with van der Waals surface area (Å²) in [6.07, 6.45) is 9.35. The minimum atomic E-state index is -0.0920. The lowest BCUT2D eigenvalue weighted by Crippen LogP contribution is -2.38. The lowest BCUT2D eigenvalue weighted by molar-refractivity contribution is -0.123. The van der Waals surface area contributed by atoms with Crippen LogP contribution in [-0.2, 0) is 17.8 Å². The molecule has 1 aromatic carbocycles. The summed E-state index contributed by atoms with van der Waals surface area (Å²) < 4.78 is 6.21. The van der Waals surface area contributed by atoms with E-state index in [9.17, 15) is 4.79 Å². The van der Waals surface area contributed by atoms with Crippen molar-refractivity contribution in [2.24, 2.45) is 0 Å². The second kappa shape index (κ2) is 10.5. The van der Waals surface area contributed by atoms with Crippen LogP contribution in [0.5, 0.6) is 6.01 Å². The molecule has 8 nitrogen and oxygen atoms in total. The zero-order valence-electron chi connectivity index (χ0n) is 20.5. The number of hydrogen-bond acceptors (Lipinski definition) is 7. The standard InChI is InChI=1S/C27H34N6O2/c1-3-25(34)31-15-17-32(18-16-31)26-23-12-8-14-33(21-9-5-4-6-10-21)19-24(23)28-27(29-26)35-20-22-11-7-13-30(22)2/h3-6,9-10,15,17,22H,1,7-8,11-14,16,18-20H2,2H3/t22-/m0/s1. The van der Waals surface area contributed by atoms with E-state index in [1.807, 2.05) is 18.5 Å². The topological polar surface area (TPSA) is 65.0 Å². The van der Waals surface area contributed by atoms with Crippen LogP contribution in [0.2, 0.25) is 0 Å². The van der Waals surface area contributed by atoms with E-state index in [0.717, 1.165) is 43.9 Å². The van der Waals surface area contributed by atoms with Gasteiger partial charge in [0.1, 0.15) is 12.4 Å². The summed E-state index contributed by atoms with van der Waals surface area (Å²) >= 11 is 0. The van der Waals surface area contributed by atoms with Crippen LogP contribution < -0.4 is 14.5 Å². The van der Waals surface area contributed by atoms with Crippen LogP contribution in [0, 0.1) is 0 Å². The summed E-state index contributed by atoms with van der Waals surface area (Å²) in [5, 5.41) is 0. The SMILES string of the molecule is C=CC(=O)N1C=CN(c2nc(OC[C@@H]3CCCN3C)nc3c2CCCN(c2ccccc2)C3)CC1. The highest BCUT2D eigenvalue weighted by Gasteiger charge is 2.27. The molecule has 1 atom stereocenters. The van der Waals surface area contributed by atoms with Crippen molar-refractivity contribution in [3.63, 3.8) is 0 Å². The van der Waals surface area contributed by atoms with E-state index in [1.54, 1.807) is 4.90 Å². The molecule has 1 fully saturated rings. The molecule has 1 saturated heterocycles. The fraction of sp³-hybridized carbons (Fsp3) is 0.444. The number of fused-ring (bicyclic) bond motifs is 1. The van der Waals surface area contributed by atoms with Gasteiger partial charge in [-0.25, -0.2) is 0 Å². The number of benzene rings is 1. The van der Waals surface area contributed by atoms with Crippen molar-refractivity contribution in [1.29, 1.82) is 0 Å². The van der Waals surface area contributed by atoms with Gasteiger partial charge in [-0.1, -0.05) is 24.8 Å². The third-order valence-electron chi connectivity index (χ3n) is 7.18. The van der Waals surface area contributed by atoms with Gasteiger partial charge in [-0.2, -0.15) is 9.97 Å². The molecule has 0 N–H and O–H groups in total. The van der Waals surface area contributed by atoms with Gasteiger partial charge in [-0.05, 0) is 57.5 Å². The molecule has 0 radical (unpaired) electrons. The first-order valence-electron chi connectivity index (χ1n) is 12.5. The highest BCUT2D eigenvalue weighted by molar-refractivity contribution is 5.88. The molecule has 1 aromatic heterocycles. The first-order chi connectivity index (χ1) is 17.1. The van der Waals surface area contributed by atoms with Crippen LogP contribution in [0.4, 0.5) is 11.5 Å². The molecule has 0 bridgehead atoms. The first kappa shape index (κ1) is 23.4. The van der Waals surface area contributed by atoms with Gasteiger partial charge in [0, 0.05) is 49.3 Å². The van der Waals surface area contributed by atoms with Crippen LogP contribution in [0.15, 0.2) is 55.4 Å². The van der Waals surface area contributed by atoms with Gasteiger partial charge in [0.05, 0.1) is 12.2 Å². The van der Waals surface area contributed by atoms with Gasteiger partial charge in [-0.15, -0.1) is 0 Å². The maximum absolute atomic E-state index is 12.0. The second-order valence-electron chi connectivity index (χ2n) is 9.43. The first-order valence-corrected chi connectivity index (χ1v) is 12.5. The summed E-state index contributed by atoms with van der Waals surface area (Å²) in [5.41, 5.74) is 3.39. The average Bonchev–Trinajstić information content (AvgIpc) is 3.19. The van der Waals surface area contributed by atoms with Crippen molar-refractivity contribution < 1.29 is 9.53 Å². The fourth-order valence-electron chi connectivity index (χ4n) is 5.11. The highest BCUT2D eigenvalue weighted by Crippen LogP contribution is 2.31. The van der Waals surface area contributed by atoms with Crippen molar-refractivity contribution in [2.75, 3.05) is 49.6 Å². The Morgan fingerprint density at radius 2 is 1.97 bits per heavy atom. The van der Waals surface area contributed by atoms with Crippen molar-refractivity contribution in [2.45, 2.75) is 38.3 Å². The van der Waals surface area contributed by atoms with Crippen LogP contribution >= 0.6 is 0 Å². The average molecular weight is 475 g/mol. The number of hydrogen-bond donors (Lipinski definition) is 0. The van der Waals surface area contributed by atoms with Crippen LogP contribution in [-0.4, -0.2) is 71.6 Å². The Bertz CT molecular complexity index is 1090. The Labute approximate surface area is 207 Å². The summed E-state index contributed by atoms with van der Waals surface area (Å²) in [5.74, 6) is 0.798. The minimum Gasteiger partial charge on any atom is -0.462 e. The minimum absolute atomic E-state index is 0.0920. The monoisotopic (exact) mass is 474 g/mol. The Morgan fingerprint density at radius 1 is 1.11 bits per heavy atom. The summed E-state index contributed by atoms with van der Waals surface area (Å²) in [7, 11) is 2.15. The summed E-state index contributed by atoms with van der Waals surface area (Å²) in [6.45, 7) is 8.21. The van der Waals surface area contributed by atoms with E-state index in [-0.39, 0.29) is 5.91 Å². The smallest absolute Gasteiger partial charge is 0.318 e. The number of carbonyl (C=O) groups excluding carboxylic acids is 1. The largest absolute Gasteiger partial charge is 0.462 e. The molecule has 8 heteroatoms. The Morgan fingerprint density at radius 3 is 2.69 bits per heavy atom. The van der Waals surface area contributed by atoms with Gasteiger partial charge in [-0.3, -0.25) is 4.79 Å². The molecular weight excluding hydrogens is 440 g/mol. The lowest BCUT2D eigenvalue weighted by atomic mass is 10.1. The number of ether oxygens (including phenoxy) is 1.